The molecule has 2 aromatic rings. The van der Waals surface area contributed by atoms with Crippen LogP contribution in [0.15, 0.2) is 47.0 Å². The third-order valence-corrected chi connectivity index (χ3v) is 5.56. The van der Waals surface area contributed by atoms with E-state index in [0.29, 0.717) is 5.92 Å². The van der Waals surface area contributed by atoms with Gasteiger partial charge in [0, 0.05) is 26.0 Å². The van der Waals surface area contributed by atoms with Crippen LogP contribution in [0.5, 0.6) is 0 Å². The van der Waals surface area contributed by atoms with Gasteiger partial charge in [-0.3, -0.25) is 9.20 Å². The second-order valence-electron chi connectivity index (χ2n) is 8.00. The number of carboxylic acids is 1. The molecule has 154 valence electrons. The van der Waals surface area contributed by atoms with Gasteiger partial charge in [0.25, 0.3) is 5.56 Å². The SMILES string of the molecule is CCC/C=C(\C=C/Cc1ccn2c(=O)c(C(=O)O)cc(C3CC3)c2c1C)N(C)C. The first-order valence-electron chi connectivity index (χ1n) is 10.3. The molecular weight excluding hydrogens is 364 g/mol. The Balaban J connectivity index is 2.01. The summed E-state index contributed by atoms with van der Waals surface area (Å²) in [7, 11) is 4.09. The Hall–Kier alpha value is -2.82. The molecule has 1 aliphatic carbocycles. The largest absolute Gasteiger partial charge is 0.477 e. The second kappa shape index (κ2) is 8.68. The van der Waals surface area contributed by atoms with Gasteiger partial charge in [-0.1, -0.05) is 25.5 Å². The van der Waals surface area contributed by atoms with Crippen molar-refractivity contribution in [3.05, 3.63) is 74.9 Å². The lowest BCUT2D eigenvalue weighted by Crippen LogP contribution is -2.23. The molecule has 5 nitrogen and oxygen atoms in total. The van der Waals surface area contributed by atoms with Gasteiger partial charge < -0.3 is 10.0 Å². The van der Waals surface area contributed by atoms with Gasteiger partial charge in [0.2, 0.25) is 0 Å². The van der Waals surface area contributed by atoms with Gasteiger partial charge in [0.05, 0.1) is 5.52 Å². The van der Waals surface area contributed by atoms with Crippen molar-refractivity contribution in [3.63, 3.8) is 0 Å². The molecule has 2 aromatic heterocycles. The van der Waals surface area contributed by atoms with E-state index in [-0.39, 0.29) is 5.56 Å². The lowest BCUT2D eigenvalue weighted by atomic mass is 9.99. The Morgan fingerprint density at radius 3 is 2.66 bits per heavy atom. The summed E-state index contributed by atoms with van der Waals surface area (Å²) in [5.74, 6) is -0.809. The Morgan fingerprint density at radius 1 is 1.34 bits per heavy atom. The minimum Gasteiger partial charge on any atom is -0.477 e. The van der Waals surface area contributed by atoms with Gasteiger partial charge in [-0.05, 0) is 73.4 Å². The van der Waals surface area contributed by atoms with Crippen molar-refractivity contribution in [1.29, 1.82) is 0 Å². The van der Waals surface area contributed by atoms with E-state index >= 15 is 0 Å². The minimum absolute atomic E-state index is 0.145. The average molecular weight is 395 g/mol. The van der Waals surface area contributed by atoms with Crippen LogP contribution in [0.4, 0.5) is 0 Å². The summed E-state index contributed by atoms with van der Waals surface area (Å²) in [6, 6.07) is 3.53. The van der Waals surface area contributed by atoms with E-state index in [4.69, 9.17) is 0 Å². The smallest absolute Gasteiger partial charge is 0.341 e. The van der Waals surface area contributed by atoms with Crippen molar-refractivity contribution < 1.29 is 9.90 Å². The van der Waals surface area contributed by atoms with E-state index in [1.54, 1.807) is 12.3 Å². The Morgan fingerprint density at radius 2 is 2.07 bits per heavy atom. The van der Waals surface area contributed by atoms with Gasteiger partial charge in [-0.25, -0.2) is 4.79 Å². The molecule has 0 amide bonds. The number of rotatable bonds is 8. The number of aromatic nitrogens is 1. The number of likely N-dealkylation sites (N-methyl/N-ethyl adjacent to an activating group) is 1. The zero-order chi connectivity index (χ0) is 21.1. The fourth-order valence-corrected chi connectivity index (χ4v) is 3.72. The molecule has 29 heavy (non-hydrogen) atoms. The first-order chi connectivity index (χ1) is 13.8. The molecule has 0 unspecified atom stereocenters. The summed E-state index contributed by atoms with van der Waals surface area (Å²) in [6.45, 7) is 4.20. The van der Waals surface area contributed by atoms with Gasteiger partial charge in [0.15, 0.2) is 0 Å². The van der Waals surface area contributed by atoms with Crippen LogP contribution in [0.1, 0.15) is 65.6 Å². The van der Waals surface area contributed by atoms with Crippen LogP contribution in [-0.2, 0) is 6.42 Å². The van der Waals surface area contributed by atoms with E-state index in [1.807, 2.05) is 27.1 Å². The third kappa shape index (κ3) is 4.44. The van der Waals surface area contributed by atoms with Gasteiger partial charge in [0.1, 0.15) is 5.56 Å². The number of allylic oxidation sites excluding steroid dienone is 3. The van der Waals surface area contributed by atoms with E-state index in [9.17, 15) is 14.7 Å². The second-order valence-corrected chi connectivity index (χ2v) is 8.00. The molecule has 0 aliphatic heterocycles. The van der Waals surface area contributed by atoms with Crippen LogP contribution in [-0.4, -0.2) is 34.5 Å². The molecule has 2 heterocycles. The highest BCUT2D eigenvalue weighted by atomic mass is 16.4. The molecule has 0 atom stereocenters. The molecule has 1 fully saturated rings. The quantitative estimate of drug-likeness (QED) is 0.668. The highest BCUT2D eigenvalue weighted by Crippen LogP contribution is 2.42. The first kappa shape index (κ1) is 20.9. The van der Waals surface area contributed by atoms with Crippen molar-refractivity contribution in [2.45, 2.75) is 51.9 Å². The number of carboxylic acid groups (broad SMARTS) is 1. The van der Waals surface area contributed by atoms with Crippen molar-refractivity contribution in [1.82, 2.24) is 9.30 Å². The first-order valence-corrected chi connectivity index (χ1v) is 10.3. The number of pyridine rings is 2. The van der Waals surface area contributed by atoms with Crippen LogP contribution in [0.2, 0.25) is 0 Å². The molecular formula is C24H30N2O3. The highest BCUT2D eigenvalue weighted by molar-refractivity contribution is 5.88. The maximum absolute atomic E-state index is 12.7. The summed E-state index contributed by atoms with van der Waals surface area (Å²) in [6.07, 6.45) is 13.3. The maximum Gasteiger partial charge on any atom is 0.341 e. The van der Waals surface area contributed by atoms with E-state index in [1.165, 1.54) is 10.1 Å². The Bertz CT molecular complexity index is 1040. The van der Waals surface area contributed by atoms with Crippen LogP contribution < -0.4 is 5.56 Å². The van der Waals surface area contributed by atoms with Crippen molar-refractivity contribution in [3.8, 4) is 0 Å². The lowest BCUT2D eigenvalue weighted by molar-refractivity contribution is 0.0694. The Labute approximate surface area is 172 Å². The van der Waals surface area contributed by atoms with Crippen molar-refractivity contribution in [2.24, 2.45) is 0 Å². The van der Waals surface area contributed by atoms with Crippen LogP contribution in [0.25, 0.3) is 5.52 Å². The van der Waals surface area contributed by atoms with Gasteiger partial charge in [-0.2, -0.15) is 0 Å². The zero-order valence-corrected chi connectivity index (χ0v) is 17.7. The fourth-order valence-electron chi connectivity index (χ4n) is 3.72. The molecule has 1 saturated carbocycles. The minimum atomic E-state index is -1.16. The van der Waals surface area contributed by atoms with Gasteiger partial charge in [-0.15, -0.1) is 0 Å². The molecule has 0 aromatic carbocycles. The summed E-state index contributed by atoms with van der Waals surface area (Å²) in [5, 5.41) is 9.42. The van der Waals surface area contributed by atoms with E-state index in [2.05, 4.69) is 30.1 Å². The standard InChI is InChI=1S/C24H30N2O3/c1-5-6-9-19(25(3)4)10-7-8-17-13-14-26-22(16(17)2)20(18-11-12-18)15-21(23(26)27)24(28)29/h7,9-10,13-15,18H,5-6,8,11-12H2,1-4H3,(H,28,29)/b10-7-,19-9+. The van der Waals surface area contributed by atoms with E-state index in [0.717, 1.165) is 54.3 Å². The number of aryl methyl sites for hydroxylation is 1. The number of unbranched alkanes of at least 4 members (excludes halogenated alkanes) is 1. The molecule has 0 saturated heterocycles. The fraction of sp³-hybridized carbons (Fsp3) is 0.417. The summed E-state index contributed by atoms with van der Waals surface area (Å²) in [4.78, 5) is 26.3. The molecule has 0 bridgehead atoms. The van der Waals surface area contributed by atoms with Crippen LogP contribution in [0.3, 0.4) is 0 Å². The van der Waals surface area contributed by atoms with Gasteiger partial charge >= 0.3 is 5.97 Å². The average Bonchev–Trinajstić information content (AvgIpc) is 3.51. The zero-order valence-electron chi connectivity index (χ0n) is 17.7. The Kier molecular flexibility index (Phi) is 6.26. The van der Waals surface area contributed by atoms with E-state index < -0.39 is 11.5 Å². The predicted octanol–water partition coefficient (Wildman–Crippen LogP) is 4.53. The summed E-state index contributed by atoms with van der Waals surface area (Å²) < 4.78 is 1.52. The molecule has 0 radical (unpaired) electrons. The number of fused-ring (bicyclic) bond motifs is 1. The van der Waals surface area contributed by atoms with Crippen LogP contribution in [0, 0.1) is 6.92 Å². The molecule has 1 N–H and O–H groups in total. The molecule has 0 spiro atoms. The number of carbonyl (C=O) groups is 1. The predicted molar refractivity (Wildman–Crippen MR) is 117 cm³/mol. The number of hydrogen-bond acceptors (Lipinski definition) is 3. The third-order valence-electron chi connectivity index (χ3n) is 5.56. The van der Waals surface area contributed by atoms with Crippen LogP contribution >= 0.6 is 0 Å². The normalized spacial score (nSPS) is 14.7. The monoisotopic (exact) mass is 394 g/mol. The maximum atomic E-state index is 12.7. The van der Waals surface area contributed by atoms with Crippen molar-refractivity contribution >= 4 is 11.5 Å². The molecule has 5 heteroatoms. The van der Waals surface area contributed by atoms with Crippen molar-refractivity contribution in [2.75, 3.05) is 14.1 Å². The molecule has 3 rings (SSSR count). The number of nitrogens with zero attached hydrogens (tertiary/aromatic N) is 2. The molecule has 1 aliphatic rings. The highest BCUT2D eigenvalue weighted by Gasteiger charge is 2.29. The number of aromatic carboxylic acids is 1. The summed E-state index contributed by atoms with van der Waals surface area (Å²) in [5.41, 5.74) is 4.65. The summed E-state index contributed by atoms with van der Waals surface area (Å²) >= 11 is 0. The number of hydrogen-bond donors (Lipinski definition) is 1. The lowest BCUT2D eigenvalue weighted by Gasteiger charge is -2.15. The topological polar surface area (TPSA) is 62.0 Å².